The van der Waals surface area contributed by atoms with Gasteiger partial charge in [-0.2, -0.15) is 0 Å². The highest BCUT2D eigenvalue weighted by atomic mass is 16.3. The highest BCUT2D eigenvalue weighted by molar-refractivity contribution is 5.95. The van der Waals surface area contributed by atoms with E-state index in [1.165, 1.54) is 0 Å². The van der Waals surface area contributed by atoms with E-state index in [4.69, 9.17) is 0 Å². The van der Waals surface area contributed by atoms with Crippen molar-refractivity contribution in [3.8, 4) is 0 Å². The molecule has 0 aromatic heterocycles. The number of carbonyl (C=O) groups is 1. The summed E-state index contributed by atoms with van der Waals surface area (Å²) in [5.41, 5.74) is 1.27. The van der Waals surface area contributed by atoms with E-state index in [2.05, 4.69) is 26.0 Å². The molecule has 0 heterocycles. The molecular formula is C21H30O4. The molecule has 0 spiro atoms. The summed E-state index contributed by atoms with van der Waals surface area (Å²) in [6.45, 7) is 5.84. The number of hydrogen-bond donors (Lipinski definition) is 3. The zero-order chi connectivity index (χ0) is 18.1. The Kier molecular flexibility index (Phi) is 3.85. The fourth-order valence-electron chi connectivity index (χ4n) is 6.94. The molecule has 25 heavy (non-hydrogen) atoms. The molecule has 4 aliphatic rings. The van der Waals surface area contributed by atoms with Crippen molar-refractivity contribution in [2.24, 2.45) is 28.6 Å². The van der Waals surface area contributed by atoms with Gasteiger partial charge in [0.15, 0.2) is 5.78 Å². The molecule has 0 amide bonds. The predicted molar refractivity (Wildman–Crippen MR) is 94.6 cm³/mol. The van der Waals surface area contributed by atoms with Gasteiger partial charge in [0.2, 0.25) is 0 Å². The van der Waals surface area contributed by atoms with Crippen LogP contribution in [0.3, 0.4) is 0 Å². The van der Waals surface area contributed by atoms with Crippen LogP contribution in [0, 0.1) is 28.6 Å². The van der Waals surface area contributed by atoms with Crippen molar-refractivity contribution in [1.29, 1.82) is 0 Å². The van der Waals surface area contributed by atoms with Crippen LogP contribution in [0.2, 0.25) is 0 Å². The third-order valence-electron chi connectivity index (χ3n) is 8.08. The van der Waals surface area contributed by atoms with Crippen molar-refractivity contribution in [1.82, 2.24) is 0 Å². The summed E-state index contributed by atoms with van der Waals surface area (Å²) in [4.78, 5) is 12.1. The minimum absolute atomic E-state index is 0.00668. The van der Waals surface area contributed by atoms with E-state index < -0.39 is 23.7 Å². The lowest BCUT2D eigenvalue weighted by Crippen LogP contribution is -2.60. The monoisotopic (exact) mass is 346 g/mol. The molecule has 0 aromatic rings. The highest BCUT2D eigenvalue weighted by Crippen LogP contribution is 2.64. The number of ketones is 1. The van der Waals surface area contributed by atoms with Gasteiger partial charge in [-0.25, -0.2) is 0 Å². The minimum atomic E-state index is -0.629. The highest BCUT2D eigenvalue weighted by Gasteiger charge is 2.62. The van der Waals surface area contributed by atoms with Crippen molar-refractivity contribution in [2.75, 3.05) is 0 Å². The smallest absolute Gasteiger partial charge is 0.156 e. The van der Waals surface area contributed by atoms with E-state index in [0.717, 1.165) is 24.0 Å². The van der Waals surface area contributed by atoms with Crippen LogP contribution in [0.25, 0.3) is 0 Å². The maximum absolute atomic E-state index is 12.1. The average Bonchev–Trinajstić information content (AvgIpc) is 2.85. The molecule has 138 valence electrons. The predicted octanol–water partition coefficient (Wildman–Crippen LogP) is 2.38. The third kappa shape index (κ3) is 2.20. The summed E-state index contributed by atoms with van der Waals surface area (Å²) in [7, 11) is 0. The first-order valence-electron chi connectivity index (χ1n) is 9.65. The van der Waals surface area contributed by atoms with Gasteiger partial charge in [-0.05, 0) is 55.9 Å². The molecule has 4 heteroatoms. The number of Topliss-reactive ketones (excluding diaryl/α,β-unsaturated/α-hetero) is 1. The maximum atomic E-state index is 12.1. The second kappa shape index (κ2) is 5.51. The van der Waals surface area contributed by atoms with E-state index in [1.54, 1.807) is 6.92 Å². The van der Waals surface area contributed by atoms with Crippen molar-refractivity contribution >= 4 is 5.78 Å². The molecule has 2 saturated carbocycles. The summed E-state index contributed by atoms with van der Waals surface area (Å²) >= 11 is 0. The van der Waals surface area contributed by atoms with Gasteiger partial charge in [0.25, 0.3) is 0 Å². The number of hydrogen-bond acceptors (Lipinski definition) is 4. The number of aliphatic hydroxyl groups is 3. The first kappa shape index (κ1) is 17.4. The number of carbonyl (C=O) groups excluding carboxylic acids is 1. The Balaban J connectivity index is 1.75. The molecule has 0 unspecified atom stereocenters. The zero-order valence-corrected chi connectivity index (χ0v) is 15.4. The molecular weight excluding hydrogens is 316 g/mol. The van der Waals surface area contributed by atoms with Crippen LogP contribution in [0.15, 0.2) is 23.3 Å². The van der Waals surface area contributed by atoms with Gasteiger partial charge in [-0.1, -0.05) is 31.6 Å². The summed E-state index contributed by atoms with van der Waals surface area (Å²) in [6, 6.07) is 0. The quantitative estimate of drug-likeness (QED) is 0.637. The first-order chi connectivity index (χ1) is 11.7. The van der Waals surface area contributed by atoms with Crippen LogP contribution in [0.5, 0.6) is 0 Å². The number of rotatable bonds is 1. The number of allylic oxidation sites excluding steroid dienone is 3. The van der Waals surface area contributed by atoms with Gasteiger partial charge < -0.3 is 15.3 Å². The van der Waals surface area contributed by atoms with Crippen molar-refractivity contribution in [2.45, 2.75) is 71.2 Å². The lowest BCUT2D eigenvalue weighted by atomic mass is 9.46. The first-order valence-corrected chi connectivity index (χ1v) is 9.65. The molecule has 8 atom stereocenters. The number of aliphatic hydroxyl groups excluding tert-OH is 3. The van der Waals surface area contributed by atoms with Gasteiger partial charge in [-0.3, -0.25) is 4.79 Å². The molecule has 0 aliphatic heterocycles. The molecule has 0 aromatic carbocycles. The summed E-state index contributed by atoms with van der Waals surface area (Å²) in [5, 5.41) is 32.1. The zero-order valence-electron chi connectivity index (χ0n) is 15.4. The summed E-state index contributed by atoms with van der Waals surface area (Å²) in [5.74, 6) is 0.719. The Morgan fingerprint density at radius 2 is 1.88 bits per heavy atom. The van der Waals surface area contributed by atoms with Crippen molar-refractivity contribution in [3.05, 3.63) is 23.3 Å². The van der Waals surface area contributed by atoms with E-state index in [9.17, 15) is 20.1 Å². The molecule has 4 rings (SSSR count). The summed E-state index contributed by atoms with van der Waals surface area (Å²) in [6.07, 6.45) is 5.95. The van der Waals surface area contributed by atoms with Crippen LogP contribution in [-0.4, -0.2) is 39.4 Å². The van der Waals surface area contributed by atoms with Crippen LogP contribution >= 0.6 is 0 Å². The van der Waals surface area contributed by atoms with E-state index >= 15 is 0 Å². The van der Waals surface area contributed by atoms with Crippen LogP contribution < -0.4 is 0 Å². The molecule has 0 saturated heterocycles. The lowest BCUT2D eigenvalue weighted by Gasteiger charge is -2.60. The van der Waals surface area contributed by atoms with Gasteiger partial charge >= 0.3 is 0 Å². The average molecular weight is 346 g/mol. The van der Waals surface area contributed by atoms with E-state index in [-0.39, 0.29) is 23.0 Å². The SMILES string of the molecule is CC(=O)C1=CC[C@H]2[C@H]3CC=C4C[C@@H](O)C[C@@H](O)[C@]4(C)[C@@H]3[C@@H](O)C[C@]12C. The second-order valence-corrected chi connectivity index (χ2v) is 9.25. The Bertz CT molecular complexity index is 665. The van der Waals surface area contributed by atoms with E-state index in [0.29, 0.717) is 25.2 Å². The molecule has 0 bridgehead atoms. The van der Waals surface area contributed by atoms with E-state index in [1.807, 2.05) is 0 Å². The van der Waals surface area contributed by atoms with Gasteiger partial charge in [0, 0.05) is 17.3 Å². The number of fused-ring (bicyclic) bond motifs is 5. The maximum Gasteiger partial charge on any atom is 0.156 e. The molecule has 3 N–H and O–H groups in total. The van der Waals surface area contributed by atoms with Crippen LogP contribution in [0.1, 0.15) is 52.9 Å². The minimum Gasteiger partial charge on any atom is -0.393 e. The molecule has 2 fully saturated rings. The fourth-order valence-corrected chi connectivity index (χ4v) is 6.94. The normalized spacial score (nSPS) is 51.8. The largest absolute Gasteiger partial charge is 0.393 e. The van der Waals surface area contributed by atoms with Crippen LogP contribution in [0.4, 0.5) is 0 Å². The van der Waals surface area contributed by atoms with Crippen molar-refractivity contribution < 1.29 is 20.1 Å². The Hall–Kier alpha value is -0.970. The molecule has 4 aliphatic carbocycles. The topological polar surface area (TPSA) is 77.8 Å². The van der Waals surface area contributed by atoms with Crippen LogP contribution in [-0.2, 0) is 4.79 Å². The Morgan fingerprint density at radius 1 is 1.16 bits per heavy atom. The third-order valence-corrected chi connectivity index (χ3v) is 8.08. The fraction of sp³-hybridized carbons (Fsp3) is 0.762. The van der Waals surface area contributed by atoms with Gasteiger partial charge in [0.05, 0.1) is 18.3 Å². The van der Waals surface area contributed by atoms with Gasteiger partial charge in [-0.15, -0.1) is 0 Å². The molecule has 0 radical (unpaired) electrons. The second-order valence-electron chi connectivity index (χ2n) is 9.25. The summed E-state index contributed by atoms with van der Waals surface area (Å²) < 4.78 is 0. The van der Waals surface area contributed by atoms with Gasteiger partial charge in [0.1, 0.15) is 0 Å². The standard InChI is InChI=1S/C21H30O4/c1-11(22)15-6-7-16-14-5-4-12-8-13(23)9-18(25)21(12,3)19(14)17(24)10-20(15,16)2/h4,6,13-14,16-19,23-25H,5,7-10H2,1-3H3/t13-,14-,16+,17+,18-,19+,20-,21-/m1/s1. The Morgan fingerprint density at radius 3 is 2.56 bits per heavy atom. The lowest BCUT2D eigenvalue weighted by molar-refractivity contribution is -0.148. The van der Waals surface area contributed by atoms with Crippen molar-refractivity contribution in [3.63, 3.8) is 0 Å². The molecule has 4 nitrogen and oxygen atoms in total. The Labute approximate surface area is 149 Å².